The molecule has 0 saturated heterocycles. The van der Waals surface area contributed by atoms with Crippen molar-refractivity contribution in [3.8, 4) is 0 Å². The van der Waals surface area contributed by atoms with Gasteiger partial charge in [-0.05, 0) is 30.9 Å². The molecule has 0 heterocycles. The maximum Gasteiger partial charge on any atom is 0.0580 e. The van der Waals surface area contributed by atoms with Gasteiger partial charge in [-0.15, -0.1) is 0 Å². The Morgan fingerprint density at radius 3 is 2.62 bits per heavy atom. The second-order valence-electron chi connectivity index (χ2n) is 3.10. The summed E-state index contributed by atoms with van der Waals surface area (Å²) in [6.07, 6.45) is 2.65. The SMILES string of the molecule is Nc1cccc(CCCCO)c1N. The predicted octanol–water partition coefficient (Wildman–Crippen LogP) is 1.17. The standard InChI is InChI=1S/C10H16N2O/c11-9-6-3-5-8(10(9)12)4-1-2-7-13/h3,5-6,13H,1-2,4,7,11-12H2. The third-order valence-electron chi connectivity index (χ3n) is 2.08. The van der Waals surface area contributed by atoms with E-state index < -0.39 is 0 Å². The first-order valence-corrected chi connectivity index (χ1v) is 4.49. The molecule has 0 saturated carbocycles. The summed E-state index contributed by atoms with van der Waals surface area (Å²) in [5.74, 6) is 0. The van der Waals surface area contributed by atoms with Crippen LogP contribution >= 0.6 is 0 Å². The zero-order valence-electron chi connectivity index (χ0n) is 7.66. The van der Waals surface area contributed by atoms with Gasteiger partial charge >= 0.3 is 0 Å². The highest BCUT2D eigenvalue weighted by Gasteiger charge is 2.00. The second-order valence-corrected chi connectivity index (χ2v) is 3.10. The van der Waals surface area contributed by atoms with Crippen molar-refractivity contribution in [3.05, 3.63) is 23.8 Å². The lowest BCUT2D eigenvalue weighted by Gasteiger charge is -2.06. The minimum atomic E-state index is 0.238. The van der Waals surface area contributed by atoms with Gasteiger partial charge in [0.1, 0.15) is 0 Å². The van der Waals surface area contributed by atoms with Crippen molar-refractivity contribution < 1.29 is 5.11 Å². The third-order valence-corrected chi connectivity index (χ3v) is 2.08. The number of aryl methyl sites for hydroxylation is 1. The van der Waals surface area contributed by atoms with Crippen LogP contribution in [-0.2, 0) is 6.42 Å². The van der Waals surface area contributed by atoms with Gasteiger partial charge in [0.15, 0.2) is 0 Å². The molecule has 0 radical (unpaired) electrons. The quantitative estimate of drug-likeness (QED) is 0.481. The highest BCUT2D eigenvalue weighted by Crippen LogP contribution is 2.20. The third kappa shape index (κ3) is 2.63. The minimum absolute atomic E-state index is 0.238. The summed E-state index contributed by atoms with van der Waals surface area (Å²) < 4.78 is 0. The summed E-state index contributed by atoms with van der Waals surface area (Å²) in [6.45, 7) is 0.238. The highest BCUT2D eigenvalue weighted by molar-refractivity contribution is 5.67. The van der Waals surface area contributed by atoms with Crippen molar-refractivity contribution in [2.24, 2.45) is 0 Å². The van der Waals surface area contributed by atoms with E-state index in [0.717, 1.165) is 24.8 Å². The Morgan fingerprint density at radius 1 is 1.15 bits per heavy atom. The molecule has 0 amide bonds. The molecule has 3 nitrogen and oxygen atoms in total. The first-order chi connectivity index (χ1) is 6.25. The zero-order chi connectivity index (χ0) is 9.68. The van der Waals surface area contributed by atoms with Crippen molar-refractivity contribution >= 4 is 11.4 Å². The van der Waals surface area contributed by atoms with E-state index in [-0.39, 0.29) is 6.61 Å². The van der Waals surface area contributed by atoms with Crippen LogP contribution in [0.5, 0.6) is 0 Å². The topological polar surface area (TPSA) is 72.3 Å². The molecule has 0 fully saturated rings. The lowest BCUT2D eigenvalue weighted by molar-refractivity contribution is 0.284. The van der Waals surface area contributed by atoms with Crippen molar-refractivity contribution in [2.45, 2.75) is 19.3 Å². The molecular weight excluding hydrogens is 164 g/mol. The smallest absolute Gasteiger partial charge is 0.0580 e. The van der Waals surface area contributed by atoms with Crippen LogP contribution in [0.4, 0.5) is 11.4 Å². The van der Waals surface area contributed by atoms with Crippen LogP contribution in [0.2, 0.25) is 0 Å². The van der Waals surface area contributed by atoms with E-state index in [0.29, 0.717) is 11.4 Å². The fourth-order valence-corrected chi connectivity index (χ4v) is 1.28. The van der Waals surface area contributed by atoms with Crippen LogP contribution in [0.1, 0.15) is 18.4 Å². The molecule has 0 aliphatic carbocycles. The average molecular weight is 180 g/mol. The Balaban J connectivity index is 2.61. The average Bonchev–Trinajstić information content (AvgIpc) is 2.13. The van der Waals surface area contributed by atoms with Crippen LogP contribution in [-0.4, -0.2) is 11.7 Å². The molecule has 0 atom stereocenters. The van der Waals surface area contributed by atoms with Gasteiger partial charge in [-0.1, -0.05) is 12.1 Å². The molecule has 0 unspecified atom stereocenters. The fraction of sp³-hybridized carbons (Fsp3) is 0.400. The summed E-state index contributed by atoms with van der Waals surface area (Å²) in [4.78, 5) is 0. The number of anilines is 2. The summed E-state index contributed by atoms with van der Waals surface area (Å²) in [7, 11) is 0. The van der Waals surface area contributed by atoms with E-state index >= 15 is 0 Å². The normalized spacial score (nSPS) is 10.2. The zero-order valence-corrected chi connectivity index (χ0v) is 7.66. The Kier molecular flexibility index (Phi) is 3.58. The number of benzene rings is 1. The summed E-state index contributed by atoms with van der Waals surface area (Å²) in [6, 6.07) is 5.67. The minimum Gasteiger partial charge on any atom is -0.397 e. The van der Waals surface area contributed by atoms with E-state index in [9.17, 15) is 0 Å². The molecule has 1 rings (SSSR count). The van der Waals surface area contributed by atoms with Crippen LogP contribution in [0, 0.1) is 0 Å². The molecule has 0 aliphatic heterocycles. The molecular formula is C10H16N2O. The van der Waals surface area contributed by atoms with Gasteiger partial charge in [-0.2, -0.15) is 0 Å². The van der Waals surface area contributed by atoms with Gasteiger partial charge in [0.05, 0.1) is 11.4 Å². The molecule has 72 valence electrons. The number of aliphatic hydroxyl groups excluding tert-OH is 1. The van der Waals surface area contributed by atoms with Crippen LogP contribution in [0.25, 0.3) is 0 Å². The molecule has 0 bridgehead atoms. The molecule has 1 aromatic rings. The van der Waals surface area contributed by atoms with Gasteiger partial charge in [0.25, 0.3) is 0 Å². The highest BCUT2D eigenvalue weighted by atomic mass is 16.2. The van der Waals surface area contributed by atoms with E-state index in [1.807, 2.05) is 12.1 Å². The lowest BCUT2D eigenvalue weighted by Crippen LogP contribution is -2.00. The van der Waals surface area contributed by atoms with Crippen LogP contribution < -0.4 is 11.5 Å². The van der Waals surface area contributed by atoms with Crippen molar-refractivity contribution in [2.75, 3.05) is 18.1 Å². The summed E-state index contributed by atoms with van der Waals surface area (Å²) >= 11 is 0. The first kappa shape index (κ1) is 9.86. The van der Waals surface area contributed by atoms with Crippen molar-refractivity contribution in [3.63, 3.8) is 0 Å². The van der Waals surface area contributed by atoms with Gasteiger partial charge in [0, 0.05) is 6.61 Å². The monoisotopic (exact) mass is 180 g/mol. The summed E-state index contributed by atoms with van der Waals surface area (Å²) in [5.41, 5.74) is 13.8. The van der Waals surface area contributed by atoms with E-state index in [1.54, 1.807) is 6.07 Å². The van der Waals surface area contributed by atoms with Crippen LogP contribution in [0.15, 0.2) is 18.2 Å². The van der Waals surface area contributed by atoms with Gasteiger partial charge in [0.2, 0.25) is 0 Å². The fourth-order valence-electron chi connectivity index (χ4n) is 1.28. The Labute approximate surface area is 78.4 Å². The van der Waals surface area contributed by atoms with Gasteiger partial charge < -0.3 is 16.6 Å². The number of rotatable bonds is 4. The number of hydrogen-bond acceptors (Lipinski definition) is 3. The first-order valence-electron chi connectivity index (χ1n) is 4.49. The number of aliphatic hydroxyl groups is 1. The number of unbranched alkanes of at least 4 members (excludes halogenated alkanes) is 1. The van der Waals surface area contributed by atoms with Crippen LogP contribution in [0.3, 0.4) is 0 Å². The lowest BCUT2D eigenvalue weighted by atomic mass is 10.1. The Morgan fingerprint density at radius 2 is 1.92 bits per heavy atom. The Bertz CT molecular complexity index is 274. The Hall–Kier alpha value is -1.22. The van der Waals surface area contributed by atoms with Crippen molar-refractivity contribution in [1.82, 2.24) is 0 Å². The molecule has 0 spiro atoms. The van der Waals surface area contributed by atoms with Crippen molar-refractivity contribution in [1.29, 1.82) is 0 Å². The number of nitrogens with two attached hydrogens (primary N) is 2. The largest absolute Gasteiger partial charge is 0.397 e. The maximum absolute atomic E-state index is 8.61. The predicted molar refractivity (Wildman–Crippen MR) is 55.3 cm³/mol. The molecule has 3 heteroatoms. The van der Waals surface area contributed by atoms with Gasteiger partial charge in [-0.3, -0.25) is 0 Å². The number of nitrogen functional groups attached to an aromatic ring is 2. The second kappa shape index (κ2) is 4.72. The van der Waals surface area contributed by atoms with Gasteiger partial charge in [-0.25, -0.2) is 0 Å². The summed E-state index contributed by atoms with van der Waals surface area (Å²) in [5, 5.41) is 8.61. The maximum atomic E-state index is 8.61. The number of para-hydroxylation sites is 1. The van der Waals surface area contributed by atoms with E-state index in [1.165, 1.54) is 0 Å². The molecule has 5 N–H and O–H groups in total. The van der Waals surface area contributed by atoms with E-state index in [4.69, 9.17) is 16.6 Å². The van der Waals surface area contributed by atoms with E-state index in [2.05, 4.69) is 0 Å². The number of hydrogen-bond donors (Lipinski definition) is 3. The molecule has 1 aromatic carbocycles. The molecule has 0 aliphatic rings. The molecule has 13 heavy (non-hydrogen) atoms. The molecule has 0 aromatic heterocycles.